The van der Waals surface area contributed by atoms with E-state index in [2.05, 4.69) is 10.2 Å². The van der Waals surface area contributed by atoms with E-state index in [-0.39, 0.29) is 18.0 Å². The number of halogens is 3. The third-order valence-electron chi connectivity index (χ3n) is 2.37. The molecule has 0 amide bonds. The lowest BCUT2D eigenvalue weighted by Gasteiger charge is -2.22. The Bertz CT molecular complexity index is 613. The summed E-state index contributed by atoms with van der Waals surface area (Å²) >= 11 is 0. The number of hydrazine groups is 1. The van der Waals surface area contributed by atoms with Crippen LogP contribution in [0.15, 0.2) is 35.7 Å². The largest absolute Gasteiger partial charge is 0.868 e. The van der Waals surface area contributed by atoms with Gasteiger partial charge in [0.05, 0.1) is 17.2 Å². The second-order valence-corrected chi connectivity index (χ2v) is 3.98. The normalized spacial score (nSPS) is 12.2. The number of carbonyl (C=O) groups excluding carboxylic acids is 1. The zero-order valence-electron chi connectivity index (χ0n) is 11.6. The second kappa shape index (κ2) is 7.33. The molecular formula is C12H11F3N3O5-. The molecule has 0 aliphatic heterocycles. The minimum Gasteiger partial charge on any atom is -0.868 e. The Hall–Kier alpha value is -2.98. The average Bonchev–Trinajstić information content (AvgIpc) is 2.47. The van der Waals surface area contributed by atoms with Crippen molar-refractivity contribution in [3.05, 3.63) is 45.8 Å². The van der Waals surface area contributed by atoms with Crippen LogP contribution in [0.1, 0.15) is 6.92 Å². The fourth-order valence-corrected chi connectivity index (χ4v) is 1.35. The predicted molar refractivity (Wildman–Crippen MR) is 69.6 cm³/mol. The van der Waals surface area contributed by atoms with Crippen molar-refractivity contribution in [2.24, 2.45) is 0 Å². The molecule has 23 heavy (non-hydrogen) atoms. The van der Waals surface area contributed by atoms with Gasteiger partial charge in [-0.05, 0) is 19.1 Å². The van der Waals surface area contributed by atoms with Crippen LogP contribution < -0.4 is 16.0 Å². The number of non-ortho nitro benzene ring substituents is 1. The Morgan fingerprint density at radius 2 is 1.87 bits per heavy atom. The van der Waals surface area contributed by atoms with Crippen LogP contribution in [-0.4, -0.2) is 23.7 Å². The number of hydrogen-bond donors (Lipinski definition) is 2. The van der Waals surface area contributed by atoms with Crippen molar-refractivity contribution >= 4 is 17.3 Å². The zero-order valence-corrected chi connectivity index (χ0v) is 11.6. The Labute approximate surface area is 127 Å². The molecule has 8 nitrogen and oxygen atoms in total. The monoisotopic (exact) mass is 334 g/mol. The van der Waals surface area contributed by atoms with Crippen LogP contribution in [0.5, 0.6) is 0 Å². The summed E-state index contributed by atoms with van der Waals surface area (Å²) < 4.78 is 41.7. The summed E-state index contributed by atoms with van der Waals surface area (Å²) in [5.74, 6) is -3.89. The number of anilines is 1. The average molecular weight is 334 g/mol. The first-order valence-corrected chi connectivity index (χ1v) is 6.09. The highest BCUT2D eigenvalue weighted by Gasteiger charge is 2.32. The standard InChI is InChI=1S/C12H12F3N3O5/c1-2-23-11(20)9(10(19)12(13,14)15)17-16-7-3-5-8(6-4-7)18(21)22/h3-6,16-17,19H,2H2,1H3/p-1. The number of nitro benzene ring substituents is 1. The first-order chi connectivity index (χ1) is 10.7. The molecule has 0 saturated heterocycles. The van der Waals surface area contributed by atoms with E-state index in [4.69, 9.17) is 0 Å². The topological polar surface area (TPSA) is 117 Å². The number of esters is 1. The van der Waals surface area contributed by atoms with Crippen LogP contribution in [0, 0.1) is 10.1 Å². The SMILES string of the molecule is CCOC(=O)C(NNc1ccc([N+](=O)[O-])cc1)=C([O-])C(F)(F)F. The Kier molecular flexibility index (Phi) is 5.76. The van der Waals surface area contributed by atoms with Gasteiger partial charge in [-0.25, -0.2) is 4.79 Å². The van der Waals surface area contributed by atoms with Gasteiger partial charge in [0.15, 0.2) is 0 Å². The summed E-state index contributed by atoms with van der Waals surface area (Å²) in [7, 11) is 0. The summed E-state index contributed by atoms with van der Waals surface area (Å²) in [6, 6.07) is 4.51. The molecule has 0 unspecified atom stereocenters. The first-order valence-electron chi connectivity index (χ1n) is 6.09. The number of rotatable bonds is 6. The molecule has 0 heterocycles. The van der Waals surface area contributed by atoms with Gasteiger partial charge in [-0.15, -0.1) is 0 Å². The lowest BCUT2D eigenvalue weighted by atomic mass is 10.3. The van der Waals surface area contributed by atoms with Gasteiger partial charge in [-0.3, -0.25) is 15.5 Å². The molecule has 0 aliphatic carbocycles. The van der Waals surface area contributed by atoms with Gasteiger partial charge in [-0.2, -0.15) is 13.2 Å². The van der Waals surface area contributed by atoms with Crippen molar-refractivity contribution in [1.29, 1.82) is 0 Å². The van der Waals surface area contributed by atoms with Crippen LogP contribution in [0.3, 0.4) is 0 Å². The molecule has 0 saturated carbocycles. The molecule has 11 heteroatoms. The number of hydrogen-bond acceptors (Lipinski definition) is 7. The highest BCUT2D eigenvalue weighted by molar-refractivity contribution is 5.88. The summed E-state index contributed by atoms with van der Waals surface area (Å²) in [5.41, 5.74) is 2.50. The molecule has 0 radical (unpaired) electrons. The molecule has 0 bridgehead atoms. The molecule has 2 N–H and O–H groups in total. The van der Waals surface area contributed by atoms with Crippen molar-refractivity contribution in [3.63, 3.8) is 0 Å². The fraction of sp³-hybridized carbons (Fsp3) is 0.250. The number of benzene rings is 1. The zero-order chi connectivity index (χ0) is 17.6. The van der Waals surface area contributed by atoms with Crippen LogP contribution in [0.25, 0.3) is 0 Å². The molecule has 0 fully saturated rings. The molecular weight excluding hydrogens is 323 g/mol. The van der Waals surface area contributed by atoms with Crippen LogP contribution in [-0.2, 0) is 9.53 Å². The Balaban J connectivity index is 2.94. The van der Waals surface area contributed by atoms with Gasteiger partial charge in [0, 0.05) is 17.9 Å². The maximum Gasteiger partial charge on any atom is 0.404 e. The van der Waals surface area contributed by atoms with Gasteiger partial charge in [0.2, 0.25) is 0 Å². The molecule has 1 aromatic carbocycles. The van der Waals surface area contributed by atoms with E-state index in [0.29, 0.717) is 0 Å². The van der Waals surface area contributed by atoms with E-state index in [1.54, 1.807) is 0 Å². The van der Waals surface area contributed by atoms with Gasteiger partial charge >= 0.3 is 12.1 Å². The van der Waals surface area contributed by atoms with Crippen LogP contribution in [0.2, 0.25) is 0 Å². The Morgan fingerprint density at radius 1 is 1.30 bits per heavy atom. The number of alkyl halides is 3. The number of nitrogens with one attached hydrogen (secondary N) is 2. The van der Waals surface area contributed by atoms with E-state index < -0.39 is 28.5 Å². The van der Waals surface area contributed by atoms with E-state index in [0.717, 1.165) is 12.1 Å². The molecule has 0 atom stereocenters. The fourth-order valence-electron chi connectivity index (χ4n) is 1.35. The lowest BCUT2D eigenvalue weighted by molar-refractivity contribution is -0.384. The molecule has 1 rings (SSSR count). The third-order valence-corrected chi connectivity index (χ3v) is 2.37. The number of carbonyl (C=O) groups is 1. The van der Waals surface area contributed by atoms with Crippen molar-refractivity contribution < 1.29 is 32.7 Å². The minimum atomic E-state index is -5.27. The number of allylic oxidation sites excluding steroid dienone is 1. The van der Waals surface area contributed by atoms with Gasteiger partial charge < -0.3 is 15.3 Å². The van der Waals surface area contributed by atoms with Crippen molar-refractivity contribution in [1.82, 2.24) is 5.43 Å². The molecule has 0 aliphatic rings. The van der Waals surface area contributed by atoms with E-state index in [1.807, 2.05) is 5.43 Å². The van der Waals surface area contributed by atoms with Gasteiger partial charge in [0.25, 0.3) is 5.69 Å². The van der Waals surface area contributed by atoms with Crippen molar-refractivity contribution in [2.75, 3.05) is 12.0 Å². The van der Waals surface area contributed by atoms with Crippen LogP contribution in [0.4, 0.5) is 24.5 Å². The molecule has 1 aromatic rings. The van der Waals surface area contributed by atoms with Gasteiger partial charge in [-0.1, -0.05) is 0 Å². The van der Waals surface area contributed by atoms with Crippen molar-refractivity contribution in [3.8, 4) is 0 Å². The molecule has 0 spiro atoms. The number of ether oxygens (including phenoxy) is 1. The number of nitrogens with zero attached hydrogens (tertiary/aromatic N) is 1. The summed E-state index contributed by atoms with van der Waals surface area (Å²) in [6.07, 6.45) is -5.27. The summed E-state index contributed by atoms with van der Waals surface area (Å²) in [6.45, 7) is 1.13. The minimum absolute atomic E-state index is 0.0902. The van der Waals surface area contributed by atoms with Gasteiger partial charge in [0.1, 0.15) is 5.70 Å². The summed E-state index contributed by atoms with van der Waals surface area (Å²) in [5, 5.41) is 21.7. The lowest BCUT2D eigenvalue weighted by Crippen LogP contribution is -2.36. The highest BCUT2D eigenvalue weighted by atomic mass is 19.4. The first kappa shape index (κ1) is 18.1. The maximum atomic E-state index is 12.4. The molecule has 0 aromatic heterocycles. The quantitative estimate of drug-likeness (QED) is 0.264. The second-order valence-electron chi connectivity index (χ2n) is 3.98. The van der Waals surface area contributed by atoms with Crippen LogP contribution >= 0.6 is 0 Å². The van der Waals surface area contributed by atoms with E-state index in [1.165, 1.54) is 19.1 Å². The summed E-state index contributed by atoms with van der Waals surface area (Å²) in [4.78, 5) is 21.2. The smallest absolute Gasteiger partial charge is 0.404 e. The van der Waals surface area contributed by atoms with E-state index >= 15 is 0 Å². The predicted octanol–water partition coefficient (Wildman–Crippen LogP) is 1.21. The highest BCUT2D eigenvalue weighted by Crippen LogP contribution is 2.23. The maximum absolute atomic E-state index is 12.4. The number of nitro groups is 1. The Morgan fingerprint density at radius 3 is 2.30 bits per heavy atom. The van der Waals surface area contributed by atoms with E-state index in [9.17, 15) is 33.2 Å². The third kappa shape index (κ3) is 5.05. The molecule has 126 valence electrons. The van der Waals surface area contributed by atoms with Crippen molar-refractivity contribution in [2.45, 2.75) is 13.1 Å².